The largest absolute Gasteiger partial charge is 0.372 e. The SMILES string of the molecule is CCC(C)NC(=O)C1CCC(C(=O)Nc2ccc(N3CCCCC3)cc2)CC1. The predicted octanol–water partition coefficient (Wildman–Crippen LogP) is 4.34. The van der Waals surface area contributed by atoms with Crippen molar-refractivity contribution < 1.29 is 9.59 Å². The van der Waals surface area contributed by atoms with Gasteiger partial charge in [0.2, 0.25) is 11.8 Å². The zero-order valence-electron chi connectivity index (χ0n) is 17.4. The van der Waals surface area contributed by atoms with E-state index >= 15 is 0 Å². The van der Waals surface area contributed by atoms with Gasteiger partial charge in [0.25, 0.3) is 0 Å². The summed E-state index contributed by atoms with van der Waals surface area (Å²) in [5.41, 5.74) is 2.10. The van der Waals surface area contributed by atoms with E-state index in [1.54, 1.807) is 0 Å². The lowest BCUT2D eigenvalue weighted by Gasteiger charge is -2.29. The second-order valence-electron chi connectivity index (χ2n) is 8.45. The Kier molecular flexibility index (Phi) is 7.35. The molecule has 5 heteroatoms. The number of anilines is 2. The van der Waals surface area contributed by atoms with Crippen molar-refractivity contribution in [2.75, 3.05) is 23.3 Å². The van der Waals surface area contributed by atoms with Crippen LogP contribution in [0.5, 0.6) is 0 Å². The lowest BCUT2D eigenvalue weighted by Crippen LogP contribution is -2.39. The molecule has 2 aliphatic rings. The molecular formula is C23H35N3O2. The van der Waals surface area contributed by atoms with Gasteiger partial charge in [0, 0.05) is 42.3 Å². The average molecular weight is 386 g/mol. The van der Waals surface area contributed by atoms with E-state index in [1.807, 2.05) is 19.1 Å². The molecule has 1 heterocycles. The molecule has 1 saturated heterocycles. The van der Waals surface area contributed by atoms with Crippen molar-refractivity contribution in [2.24, 2.45) is 11.8 Å². The second kappa shape index (κ2) is 9.94. The number of piperidine rings is 1. The summed E-state index contributed by atoms with van der Waals surface area (Å²) in [7, 11) is 0. The summed E-state index contributed by atoms with van der Waals surface area (Å²) in [5, 5.41) is 6.14. The molecule has 1 aromatic carbocycles. The van der Waals surface area contributed by atoms with Gasteiger partial charge in [0.1, 0.15) is 0 Å². The number of nitrogens with zero attached hydrogens (tertiary/aromatic N) is 1. The molecule has 1 aliphatic carbocycles. The number of carbonyl (C=O) groups excluding carboxylic acids is 2. The van der Waals surface area contributed by atoms with Crippen molar-refractivity contribution in [2.45, 2.75) is 71.3 Å². The van der Waals surface area contributed by atoms with Crippen molar-refractivity contribution in [3.63, 3.8) is 0 Å². The summed E-state index contributed by atoms with van der Waals surface area (Å²) in [6, 6.07) is 8.45. The molecule has 2 amide bonds. The van der Waals surface area contributed by atoms with Gasteiger partial charge in [-0.3, -0.25) is 9.59 Å². The minimum atomic E-state index is 0.00872. The molecule has 2 N–H and O–H groups in total. The molecule has 0 aromatic heterocycles. The minimum Gasteiger partial charge on any atom is -0.372 e. The average Bonchev–Trinajstić information content (AvgIpc) is 2.75. The Morgan fingerprint density at radius 1 is 0.964 bits per heavy atom. The summed E-state index contributed by atoms with van der Waals surface area (Å²) < 4.78 is 0. The van der Waals surface area contributed by atoms with E-state index in [4.69, 9.17) is 0 Å². The molecule has 28 heavy (non-hydrogen) atoms. The van der Waals surface area contributed by atoms with E-state index in [1.165, 1.54) is 24.9 Å². The molecule has 3 rings (SSSR count). The summed E-state index contributed by atoms with van der Waals surface area (Å²) >= 11 is 0. The number of rotatable bonds is 6. The van der Waals surface area contributed by atoms with Crippen LogP contribution in [0.4, 0.5) is 11.4 Å². The standard InChI is InChI=1S/C23H35N3O2/c1-3-17(2)24-22(27)18-7-9-19(10-8-18)23(28)25-20-11-13-21(14-12-20)26-15-5-4-6-16-26/h11-14,17-19H,3-10,15-16H2,1-2H3,(H,24,27)(H,25,28). The highest BCUT2D eigenvalue weighted by Crippen LogP contribution is 2.30. The van der Waals surface area contributed by atoms with Gasteiger partial charge in [0.05, 0.1) is 0 Å². The van der Waals surface area contributed by atoms with Gasteiger partial charge in [-0.2, -0.15) is 0 Å². The van der Waals surface area contributed by atoms with Gasteiger partial charge in [-0.1, -0.05) is 6.92 Å². The Balaban J connectivity index is 1.46. The van der Waals surface area contributed by atoms with Crippen molar-refractivity contribution in [3.8, 4) is 0 Å². The zero-order chi connectivity index (χ0) is 19.9. The van der Waals surface area contributed by atoms with Crippen LogP contribution < -0.4 is 15.5 Å². The van der Waals surface area contributed by atoms with Gasteiger partial charge in [0.15, 0.2) is 0 Å². The van der Waals surface area contributed by atoms with Crippen molar-refractivity contribution in [3.05, 3.63) is 24.3 Å². The molecule has 5 nitrogen and oxygen atoms in total. The molecule has 154 valence electrons. The molecule has 1 aromatic rings. The maximum absolute atomic E-state index is 12.6. The molecule has 0 spiro atoms. The van der Waals surface area contributed by atoms with Crippen molar-refractivity contribution in [1.29, 1.82) is 0 Å². The van der Waals surface area contributed by atoms with Crippen LogP contribution in [0, 0.1) is 11.8 Å². The van der Waals surface area contributed by atoms with Gasteiger partial charge >= 0.3 is 0 Å². The van der Waals surface area contributed by atoms with E-state index in [0.29, 0.717) is 0 Å². The van der Waals surface area contributed by atoms with Crippen LogP contribution in [0.3, 0.4) is 0 Å². The van der Waals surface area contributed by atoms with E-state index < -0.39 is 0 Å². The molecule has 1 aliphatic heterocycles. The minimum absolute atomic E-state index is 0.00872. The zero-order valence-corrected chi connectivity index (χ0v) is 17.4. The lowest BCUT2D eigenvalue weighted by molar-refractivity contribution is -0.129. The first-order valence-corrected chi connectivity index (χ1v) is 11.0. The number of nitrogens with one attached hydrogen (secondary N) is 2. The Morgan fingerprint density at radius 2 is 1.54 bits per heavy atom. The highest BCUT2D eigenvalue weighted by Gasteiger charge is 2.30. The monoisotopic (exact) mass is 385 g/mol. The van der Waals surface area contributed by atoms with Crippen molar-refractivity contribution in [1.82, 2.24) is 5.32 Å². The molecule has 0 bridgehead atoms. The number of carbonyl (C=O) groups is 2. The fraction of sp³-hybridized carbons (Fsp3) is 0.652. The van der Waals surface area contributed by atoms with Gasteiger partial charge in [-0.25, -0.2) is 0 Å². The summed E-state index contributed by atoms with van der Waals surface area (Å²) in [6.07, 6.45) is 7.97. The first kappa shape index (κ1) is 20.7. The highest BCUT2D eigenvalue weighted by molar-refractivity contribution is 5.93. The number of amides is 2. The fourth-order valence-corrected chi connectivity index (χ4v) is 4.23. The van der Waals surface area contributed by atoms with Crippen LogP contribution in [0.15, 0.2) is 24.3 Å². The Labute approximate surface area is 169 Å². The molecule has 2 fully saturated rings. The third kappa shape index (κ3) is 5.49. The first-order valence-electron chi connectivity index (χ1n) is 11.0. The quantitative estimate of drug-likeness (QED) is 0.766. The number of hydrogen-bond donors (Lipinski definition) is 2. The summed E-state index contributed by atoms with van der Waals surface area (Å²) in [5.74, 6) is 0.310. The van der Waals surface area contributed by atoms with E-state index in [-0.39, 0.29) is 29.7 Å². The fourth-order valence-electron chi connectivity index (χ4n) is 4.23. The topological polar surface area (TPSA) is 61.4 Å². The summed E-state index contributed by atoms with van der Waals surface area (Å²) in [6.45, 7) is 6.36. The predicted molar refractivity (Wildman–Crippen MR) is 114 cm³/mol. The molecular weight excluding hydrogens is 350 g/mol. The third-order valence-electron chi connectivity index (χ3n) is 6.33. The lowest BCUT2D eigenvalue weighted by atomic mass is 9.81. The Hall–Kier alpha value is -2.04. The Bertz CT molecular complexity index is 644. The molecule has 0 radical (unpaired) electrons. The third-order valence-corrected chi connectivity index (χ3v) is 6.33. The van der Waals surface area contributed by atoms with E-state index in [2.05, 4.69) is 34.6 Å². The van der Waals surface area contributed by atoms with Crippen molar-refractivity contribution >= 4 is 23.2 Å². The molecule has 1 unspecified atom stereocenters. The molecule has 1 saturated carbocycles. The van der Waals surface area contributed by atoms with Gasteiger partial charge < -0.3 is 15.5 Å². The second-order valence-corrected chi connectivity index (χ2v) is 8.45. The van der Waals surface area contributed by atoms with Gasteiger partial charge in [-0.05, 0) is 82.6 Å². The van der Waals surface area contributed by atoms with Crippen LogP contribution in [0.1, 0.15) is 65.2 Å². The number of hydrogen-bond acceptors (Lipinski definition) is 3. The van der Waals surface area contributed by atoms with Crippen LogP contribution >= 0.6 is 0 Å². The van der Waals surface area contributed by atoms with Crippen LogP contribution in [-0.4, -0.2) is 30.9 Å². The van der Waals surface area contributed by atoms with Crippen LogP contribution in [0.25, 0.3) is 0 Å². The van der Waals surface area contributed by atoms with Crippen LogP contribution in [0.2, 0.25) is 0 Å². The normalized spacial score (nSPS) is 23.7. The molecule has 1 atom stereocenters. The van der Waals surface area contributed by atoms with E-state index in [0.717, 1.165) is 50.9 Å². The van der Waals surface area contributed by atoms with Gasteiger partial charge in [-0.15, -0.1) is 0 Å². The first-order chi connectivity index (χ1) is 13.6. The number of benzene rings is 1. The Morgan fingerprint density at radius 3 is 2.11 bits per heavy atom. The smallest absolute Gasteiger partial charge is 0.227 e. The highest BCUT2D eigenvalue weighted by atomic mass is 16.2. The maximum atomic E-state index is 12.6. The van der Waals surface area contributed by atoms with Crippen LogP contribution in [-0.2, 0) is 9.59 Å². The van der Waals surface area contributed by atoms with E-state index in [9.17, 15) is 9.59 Å². The maximum Gasteiger partial charge on any atom is 0.227 e. The summed E-state index contributed by atoms with van der Waals surface area (Å²) in [4.78, 5) is 27.3.